The van der Waals surface area contributed by atoms with E-state index in [2.05, 4.69) is 0 Å². The highest BCUT2D eigenvalue weighted by molar-refractivity contribution is 5.25. The average Bonchev–Trinajstić information content (AvgIpc) is 2.30. The van der Waals surface area contributed by atoms with Gasteiger partial charge < -0.3 is 5.73 Å². The van der Waals surface area contributed by atoms with Crippen LogP contribution in [0.15, 0.2) is 24.3 Å². The van der Waals surface area contributed by atoms with Crippen molar-refractivity contribution >= 4 is 0 Å². The molecule has 1 aromatic carbocycles. The van der Waals surface area contributed by atoms with Crippen LogP contribution in [0.2, 0.25) is 0 Å². The summed E-state index contributed by atoms with van der Waals surface area (Å²) >= 11 is 0. The van der Waals surface area contributed by atoms with Gasteiger partial charge >= 0.3 is 0 Å². The predicted molar refractivity (Wildman–Crippen MR) is 69.1 cm³/mol. The first-order chi connectivity index (χ1) is 8.09. The monoisotopic (exact) mass is 235 g/mol. The van der Waals surface area contributed by atoms with E-state index >= 15 is 0 Å². The number of benzene rings is 1. The minimum atomic E-state index is -0.534. The Bertz CT molecular complexity index is 367. The van der Waals surface area contributed by atoms with Gasteiger partial charge in [-0.15, -0.1) is 0 Å². The van der Waals surface area contributed by atoms with Crippen LogP contribution in [-0.4, -0.2) is 0 Å². The summed E-state index contributed by atoms with van der Waals surface area (Å²) in [6.45, 7) is 1.96. The second-order valence-corrected chi connectivity index (χ2v) is 5.61. The van der Waals surface area contributed by atoms with Crippen molar-refractivity contribution in [2.24, 2.45) is 11.7 Å². The van der Waals surface area contributed by atoms with Crippen LogP contribution < -0.4 is 5.73 Å². The molecular weight excluding hydrogens is 213 g/mol. The molecule has 17 heavy (non-hydrogen) atoms. The molecule has 0 amide bonds. The van der Waals surface area contributed by atoms with E-state index in [0.29, 0.717) is 11.5 Å². The molecule has 1 saturated carbocycles. The standard InChI is InChI=1S/C15H22FN/c1-15(17,11-12-7-3-2-4-8-12)13-9-5-6-10-14(13)16/h5-6,9-10,12H,2-4,7-8,11,17H2,1H3. The summed E-state index contributed by atoms with van der Waals surface area (Å²) < 4.78 is 13.8. The summed E-state index contributed by atoms with van der Waals surface area (Å²) in [6.07, 6.45) is 7.35. The summed E-state index contributed by atoms with van der Waals surface area (Å²) in [7, 11) is 0. The van der Waals surface area contributed by atoms with Gasteiger partial charge in [0.15, 0.2) is 0 Å². The molecule has 0 bridgehead atoms. The van der Waals surface area contributed by atoms with Crippen molar-refractivity contribution in [1.29, 1.82) is 0 Å². The molecule has 0 aliphatic heterocycles. The maximum Gasteiger partial charge on any atom is 0.128 e. The quantitative estimate of drug-likeness (QED) is 0.843. The Hall–Kier alpha value is -0.890. The number of nitrogens with two attached hydrogens (primary N) is 1. The van der Waals surface area contributed by atoms with E-state index in [9.17, 15) is 4.39 Å². The second-order valence-electron chi connectivity index (χ2n) is 5.61. The van der Waals surface area contributed by atoms with Gasteiger partial charge in [0.05, 0.1) is 0 Å². The lowest BCUT2D eigenvalue weighted by Gasteiger charge is -2.32. The molecule has 1 aliphatic rings. The molecule has 1 aliphatic carbocycles. The molecular formula is C15H22FN. The van der Waals surface area contributed by atoms with E-state index in [0.717, 1.165) is 6.42 Å². The number of rotatable bonds is 3. The van der Waals surface area contributed by atoms with Crippen molar-refractivity contribution in [3.05, 3.63) is 35.6 Å². The molecule has 0 spiro atoms. The van der Waals surface area contributed by atoms with Gasteiger partial charge in [0.25, 0.3) is 0 Å². The minimum Gasteiger partial charge on any atom is -0.322 e. The predicted octanol–water partition coefficient (Wildman–Crippen LogP) is 3.97. The SMILES string of the molecule is CC(N)(CC1CCCCC1)c1ccccc1F. The lowest BCUT2D eigenvalue weighted by Crippen LogP contribution is -2.36. The van der Waals surface area contributed by atoms with E-state index in [-0.39, 0.29) is 5.82 Å². The van der Waals surface area contributed by atoms with Crippen molar-refractivity contribution in [1.82, 2.24) is 0 Å². The largest absolute Gasteiger partial charge is 0.322 e. The first-order valence-corrected chi connectivity index (χ1v) is 6.63. The highest BCUT2D eigenvalue weighted by Crippen LogP contribution is 2.34. The normalized spacial score (nSPS) is 21.1. The Morgan fingerprint density at radius 1 is 1.24 bits per heavy atom. The molecule has 0 saturated heterocycles. The number of hydrogen-bond acceptors (Lipinski definition) is 1. The molecule has 1 aromatic rings. The molecule has 0 heterocycles. The second kappa shape index (κ2) is 5.18. The fourth-order valence-corrected chi connectivity index (χ4v) is 3.03. The number of halogens is 1. The van der Waals surface area contributed by atoms with E-state index in [1.165, 1.54) is 38.2 Å². The van der Waals surface area contributed by atoms with Gasteiger partial charge in [0.2, 0.25) is 0 Å². The van der Waals surface area contributed by atoms with Crippen LogP contribution in [0.25, 0.3) is 0 Å². The van der Waals surface area contributed by atoms with Gasteiger partial charge in [0.1, 0.15) is 5.82 Å². The van der Waals surface area contributed by atoms with Crippen molar-refractivity contribution in [3.63, 3.8) is 0 Å². The van der Waals surface area contributed by atoms with Crippen LogP contribution >= 0.6 is 0 Å². The van der Waals surface area contributed by atoms with Gasteiger partial charge in [-0.3, -0.25) is 0 Å². The van der Waals surface area contributed by atoms with Crippen LogP contribution in [0.4, 0.5) is 4.39 Å². The Kier molecular flexibility index (Phi) is 3.82. The molecule has 1 unspecified atom stereocenters. The average molecular weight is 235 g/mol. The molecule has 0 radical (unpaired) electrons. The van der Waals surface area contributed by atoms with Gasteiger partial charge in [-0.2, -0.15) is 0 Å². The fourth-order valence-electron chi connectivity index (χ4n) is 3.03. The Morgan fingerprint density at radius 3 is 2.53 bits per heavy atom. The van der Waals surface area contributed by atoms with Crippen molar-refractivity contribution in [2.45, 2.75) is 51.0 Å². The van der Waals surface area contributed by atoms with Crippen molar-refractivity contribution in [3.8, 4) is 0 Å². The van der Waals surface area contributed by atoms with E-state index in [1.807, 2.05) is 19.1 Å². The Morgan fingerprint density at radius 2 is 1.88 bits per heavy atom. The smallest absolute Gasteiger partial charge is 0.128 e. The fraction of sp³-hybridized carbons (Fsp3) is 0.600. The lowest BCUT2D eigenvalue weighted by molar-refractivity contribution is 0.268. The summed E-state index contributed by atoms with van der Waals surface area (Å²) in [6, 6.07) is 6.90. The summed E-state index contributed by atoms with van der Waals surface area (Å²) in [4.78, 5) is 0. The third-order valence-electron chi connectivity index (χ3n) is 3.93. The molecule has 2 N–H and O–H groups in total. The molecule has 2 rings (SSSR count). The molecule has 1 atom stereocenters. The van der Waals surface area contributed by atoms with Crippen LogP contribution in [0, 0.1) is 11.7 Å². The van der Waals surface area contributed by atoms with E-state index in [1.54, 1.807) is 6.07 Å². The minimum absolute atomic E-state index is 0.173. The zero-order chi connectivity index (χ0) is 12.3. The van der Waals surface area contributed by atoms with Crippen molar-refractivity contribution in [2.75, 3.05) is 0 Å². The third kappa shape index (κ3) is 3.06. The summed E-state index contributed by atoms with van der Waals surface area (Å²) in [5, 5.41) is 0. The first-order valence-electron chi connectivity index (χ1n) is 6.63. The maximum atomic E-state index is 13.8. The number of hydrogen-bond donors (Lipinski definition) is 1. The third-order valence-corrected chi connectivity index (χ3v) is 3.93. The van der Waals surface area contributed by atoms with Crippen LogP contribution in [0.1, 0.15) is 51.0 Å². The molecule has 1 fully saturated rings. The summed E-state index contributed by atoms with van der Waals surface area (Å²) in [5.41, 5.74) is 6.45. The van der Waals surface area contributed by atoms with Crippen LogP contribution in [-0.2, 0) is 5.54 Å². The Labute approximate surface area is 103 Å². The zero-order valence-electron chi connectivity index (χ0n) is 10.6. The lowest BCUT2D eigenvalue weighted by atomic mass is 9.77. The highest BCUT2D eigenvalue weighted by atomic mass is 19.1. The summed E-state index contributed by atoms with van der Waals surface area (Å²) in [5.74, 6) is 0.492. The van der Waals surface area contributed by atoms with E-state index < -0.39 is 5.54 Å². The zero-order valence-corrected chi connectivity index (χ0v) is 10.6. The van der Waals surface area contributed by atoms with Crippen LogP contribution in [0.5, 0.6) is 0 Å². The van der Waals surface area contributed by atoms with E-state index in [4.69, 9.17) is 5.73 Å². The maximum absolute atomic E-state index is 13.8. The Balaban J connectivity index is 2.10. The van der Waals surface area contributed by atoms with Gasteiger partial charge in [-0.25, -0.2) is 4.39 Å². The van der Waals surface area contributed by atoms with Gasteiger partial charge in [-0.1, -0.05) is 50.3 Å². The topological polar surface area (TPSA) is 26.0 Å². The molecule has 0 aromatic heterocycles. The molecule has 2 heteroatoms. The molecule has 1 nitrogen and oxygen atoms in total. The van der Waals surface area contributed by atoms with Crippen molar-refractivity contribution < 1.29 is 4.39 Å². The molecule has 94 valence electrons. The first kappa shape index (κ1) is 12.6. The van der Waals surface area contributed by atoms with Gasteiger partial charge in [-0.05, 0) is 25.3 Å². The highest BCUT2D eigenvalue weighted by Gasteiger charge is 2.28. The van der Waals surface area contributed by atoms with Crippen LogP contribution in [0.3, 0.4) is 0 Å². The van der Waals surface area contributed by atoms with Gasteiger partial charge in [0, 0.05) is 11.1 Å².